The van der Waals surface area contributed by atoms with E-state index in [2.05, 4.69) is 5.32 Å². The second kappa shape index (κ2) is 7.90. The highest BCUT2D eigenvalue weighted by molar-refractivity contribution is 5.97. The Bertz CT molecular complexity index is 644. The first-order chi connectivity index (χ1) is 11.4. The topological polar surface area (TPSA) is 110 Å². The van der Waals surface area contributed by atoms with Gasteiger partial charge in [-0.05, 0) is 25.8 Å². The normalized spacial score (nSPS) is 21.4. The fourth-order valence-corrected chi connectivity index (χ4v) is 3.27. The molecule has 2 unspecified atom stereocenters. The molecule has 2 atom stereocenters. The van der Waals surface area contributed by atoms with Gasteiger partial charge in [-0.1, -0.05) is 31.7 Å². The highest BCUT2D eigenvalue weighted by Gasteiger charge is 2.30. The first-order valence-electron chi connectivity index (χ1n) is 8.19. The van der Waals surface area contributed by atoms with E-state index in [0.717, 1.165) is 25.7 Å². The number of amides is 1. The van der Waals surface area contributed by atoms with E-state index >= 15 is 0 Å². The van der Waals surface area contributed by atoms with Gasteiger partial charge in [0.25, 0.3) is 11.6 Å². The molecule has 1 fully saturated rings. The van der Waals surface area contributed by atoms with Crippen LogP contribution in [0.5, 0.6) is 0 Å². The first-order valence-corrected chi connectivity index (χ1v) is 8.19. The Labute approximate surface area is 140 Å². The van der Waals surface area contributed by atoms with Gasteiger partial charge in [-0.2, -0.15) is 0 Å². The van der Waals surface area contributed by atoms with Crippen molar-refractivity contribution in [3.63, 3.8) is 0 Å². The number of aliphatic carboxylic acids is 1. The second-order valence-electron chi connectivity index (χ2n) is 6.22. The van der Waals surface area contributed by atoms with Crippen LogP contribution in [-0.4, -0.2) is 27.9 Å². The summed E-state index contributed by atoms with van der Waals surface area (Å²) in [5.74, 6) is -1.97. The van der Waals surface area contributed by atoms with E-state index in [1.807, 2.05) is 0 Å². The molecule has 0 aliphatic heterocycles. The number of carbonyl (C=O) groups is 2. The van der Waals surface area contributed by atoms with Crippen LogP contribution in [0.25, 0.3) is 0 Å². The maximum absolute atomic E-state index is 12.5. The molecule has 2 N–H and O–H groups in total. The molecule has 0 aromatic heterocycles. The van der Waals surface area contributed by atoms with Gasteiger partial charge in [0.1, 0.15) is 0 Å². The first kappa shape index (κ1) is 17.9. The summed E-state index contributed by atoms with van der Waals surface area (Å²) in [7, 11) is 0. The zero-order valence-electron chi connectivity index (χ0n) is 13.7. The molecule has 130 valence electrons. The summed E-state index contributed by atoms with van der Waals surface area (Å²) in [5, 5.41) is 23.2. The van der Waals surface area contributed by atoms with Crippen molar-refractivity contribution in [3.8, 4) is 0 Å². The second-order valence-corrected chi connectivity index (χ2v) is 6.22. The molecule has 0 radical (unpaired) electrons. The number of nitrogens with one attached hydrogen (secondary N) is 1. The molecule has 0 bridgehead atoms. The molecule has 2 rings (SSSR count). The Hall–Kier alpha value is -2.44. The van der Waals surface area contributed by atoms with Crippen LogP contribution in [0, 0.1) is 23.0 Å². The fraction of sp³-hybridized carbons (Fsp3) is 0.529. The van der Waals surface area contributed by atoms with Gasteiger partial charge in [0.05, 0.1) is 10.8 Å². The van der Waals surface area contributed by atoms with Crippen molar-refractivity contribution in [2.24, 2.45) is 5.92 Å². The highest BCUT2D eigenvalue weighted by Crippen LogP contribution is 2.25. The minimum atomic E-state index is -0.905. The van der Waals surface area contributed by atoms with Crippen LogP contribution in [-0.2, 0) is 4.79 Å². The summed E-state index contributed by atoms with van der Waals surface area (Å²) in [5.41, 5.74) is 0.392. The zero-order chi connectivity index (χ0) is 17.7. The molecule has 7 heteroatoms. The van der Waals surface area contributed by atoms with Crippen molar-refractivity contribution in [2.75, 3.05) is 0 Å². The Kier molecular flexibility index (Phi) is 5.89. The number of nitrogens with zero attached hydrogens (tertiary/aromatic N) is 1. The van der Waals surface area contributed by atoms with Gasteiger partial charge >= 0.3 is 5.97 Å². The van der Waals surface area contributed by atoms with Gasteiger partial charge in [-0.25, -0.2) is 0 Å². The van der Waals surface area contributed by atoms with Crippen LogP contribution >= 0.6 is 0 Å². The van der Waals surface area contributed by atoms with Gasteiger partial charge in [0, 0.05) is 23.2 Å². The molecule has 0 saturated heterocycles. The molecule has 1 aromatic carbocycles. The van der Waals surface area contributed by atoms with Gasteiger partial charge in [-0.15, -0.1) is 0 Å². The summed E-state index contributed by atoms with van der Waals surface area (Å²) in [4.78, 5) is 34.5. The van der Waals surface area contributed by atoms with Crippen LogP contribution in [0.1, 0.15) is 54.4 Å². The monoisotopic (exact) mass is 334 g/mol. The minimum Gasteiger partial charge on any atom is -0.481 e. The quantitative estimate of drug-likeness (QED) is 0.649. The lowest BCUT2D eigenvalue weighted by molar-refractivity contribution is -0.385. The Balaban J connectivity index is 2.21. The van der Waals surface area contributed by atoms with Gasteiger partial charge in [0.2, 0.25) is 0 Å². The maximum atomic E-state index is 12.5. The highest BCUT2D eigenvalue weighted by atomic mass is 16.6. The molecule has 1 aromatic rings. The number of carbonyl (C=O) groups excluding carboxylic acids is 1. The number of hydrogen-bond acceptors (Lipinski definition) is 4. The van der Waals surface area contributed by atoms with Crippen LogP contribution in [0.4, 0.5) is 5.69 Å². The Morgan fingerprint density at radius 3 is 2.50 bits per heavy atom. The molecule has 0 heterocycles. The summed E-state index contributed by atoms with van der Waals surface area (Å²) in [6.45, 7) is 1.53. The lowest BCUT2D eigenvalue weighted by Crippen LogP contribution is -2.44. The molecule has 1 aliphatic carbocycles. The molecule has 24 heavy (non-hydrogen) atoms. The number of carboxylic acids is 1. The number of nitro groups is 1. The standard InChI is InChI=1S/C17H22N2O5/c1-11-12(8-6-10-15(11)19(23)24)16(20)18-14-9-5-3-2-4-7-13(14)17(21)22/h6,8,10,13-14H,2-5,7,9H2,1H3,(H,18,20)(H,21,22). The number of nitro benzene ring substituents is 1. The van der Waals surface area contributed by atoms with Crippen molar-refractivity contribution in [2.45, 2.75) is 51.5 Å². The molecular formula is C17H22N2O5. The van der Waals surface area contributed by atoms with E-state index in [1.54, 1.807) is 0 Å². The van der Waals surface area contributed by atoms with Crippen LogP contribution in [0.3, 0.4) is 0 Å². The van der Waals surface area contributed by atoms with E-state index < -0.39 is 28.8 Å². The van der Waals surface area contributed by atoms with Crippen molar-refractivity contribution < 1.29 is 19.6 Å². The predicted molar refractivity (Wildman–Crippen MR) is 87.9 cm³/mol. The van der Waals surface area contributed by atoms with E-state index in [9.17, 15) is 24.8 Å². The van der Waals surface area contributed by atoms with Crippen molar-refractivity contribution in [1.29, 1.82) is 0 Å². The van der Waals surface area contributed by atoms with Crippen molar-refractivity contribution in [1.82, 2.24) is 5.32 Å². The average Bonchev–Trinajstić information content (AvgIpc) is 2.49. The smallest absolute Gasteiger partial charge is 0.308 e. The molecule has 0 spiro atoms. The largest absolute Gasteiger partial charge is 0.481 e. The third-order valence-corrected chi connectivity index (χ3v) is 4.65. The molecule has 1 saturated carbocycles. The molecular weight excluding hydrogens is 312 g/mol. The molecule has 1 aliphatic rings. The van der Waals surface area contributed by atoms with Crippen molar-refractivity contribution >= 4 is 17.6 Å². The SMILES string of the molecule is Cc1c(C(=O)NC2CCCCCCC2C(=O)O)cccc1[N+](=O)[O-]. The van der Waals surface area contributed by atoms with E-state index in [4.69, 9.17) is 0 Å². The van der Waals surface area contributed by atoms with Crippen LogP contribution in [0.15, 0.2) is 18.2 Å². The van der Waals surface area contributed by atoms with Gasteiger partial charge in [-0.3, -0.25) is 19.7 Å². The van der Waals surface area contributed by atoms with Crippen molar-refractivity contribution in [3.05, 3.63) is 39.4 Å². The number of rotatable bonds is 4. The summed E-state index contributed by atoms with van der Waals surface area (Å²) < 4.78 is 0. The third kappa shape index (κ3) is 4.10. The fourth-order valence-electron chi connectivity index (χ4n) is 3.27. The molecule has 7 nitrogen and oxygen atoms in total. The summed E-state index contributed by atoms with van der Waals surface area (Å²) in [6, 6.07) is 3.89. The zero-order valence-corrected chi connectivity index (χ0v) is 13.7. The number of benzene rings is 1. The van der Waals surface area contributed by atoms with E-state index in [1.165, 1.54) is 25.1 Å². The third-order valence-electron chi connectivity index (χ3n) is 4.65. The maximum Gasteiger partial charge on any atom is 0.308 e. The lowest BCUT2D eigenvalue weighted by Gasteiger charge is -2.27. The van der Waals surface area contributed by atoms with Crippen LogP contribution < -0.4 is 5.32 Å². The Morgan fingerprint density at radius 2 is 1.88 bits per heavy atom. The minimum absolute atomic E-state index is 0.116. The van der Waals surface area contributed by atoms with Crippen LogP contribution in [0.2, 0.25) is 0 Å². The summed E-state index contributed by atoms with van der Waals surface area (Å²) in [6.07, 6.45) is 4.87. The van der Waals surface area contributed by atoms with Gasteiger partial charge in [0.15, 0.2) is 0 Å². The number of carboxylic acid groups (broad SMARTS) is 1. The Morgan fingerprint density at radius 1 is 1.21 bits per heavy atom. The number of hydrogen-bond donors (Lipinski definition) is 2. The van der Waals surface area contributed by atoms with Gasteiger partial charge < -0.3 is 10.4 Å². The summed E-state index contributed by atoms with van der Waals surface area (Å²) >= 11 is 0. The van der Waals surface area contributed by atoms with E-state index in [-0.39, 0.29) is 16.8 Å². The molecule has 1 amide bonds. The lowest BCUT2D eigenvalue weighted by atomic mass is 9.86. The average molecular weight is 334 g/mol. The van der Waals surface area contributed by atoms with E-state index in [0.29, 0.717) is 12.8 Å². The predicted octanol–water partition coefficient (Wildman–Crippen LogP) is 3.06.